The molecule has 1 aromatic rings. The van der Waals surface area contributed by atoms with Gasteiger partial charge in [-0.05, 0) is 31.2 Å². The van der Waals surface area contributed by atoms with Crippen molar-refractivity contribution in [1.82, 2.24) is 0 Å². The normalized spacial score (nSPS) is 16.5. The molecule has 0 heterocycles. The van der Waals surface area contributed by atoms with Gasteiger partial charge in [-0.2, -0.15) is 92.2 Å². The summed E-state index contributed by atoms with van der Waals surface area (Å²) < 4.78 is 308. The Hall–Kier alpha value is -2.54. The van der Waals surface area contributed by atoms with Gasteiger partial charge in [-0.3, -0.25) is 0 Å². The van der Waals surface area contributed by atoms with Crippen LogP contribution in [0.15, 0.2) is 29.2 Å². The largest absolute Gasteiger partial charge is 0.460 e. The molecule has 1 atom stereocenters. The topological polar surface area (TPSA) is 57.6 Å². The molecule has 0 amide bonds. The molecular weight excluding hydrogens is 721 g/mol. The van der Waals surface area contributed by atoms with Crippen LogP contribution in [-0.2, 0) is 9.84 Å². The summed E-state index contributed by atoms with van der Waals surface area (Å²) in [5.74, 6) is -72.5. The first-order chi connectivity index (χ1) is 19.3. The first-order valence-corrected chi connectivity index (χ1v) is 12.0. The highest BCUT2D eigenvalue weighted by Gasteiger charge is 2.98. The lowest BCUT2D eigenvalue weighted by Gasteiger charge is -2.44. The monoisotopic (exact) mass is 733 g/mol. The van der Waals surface area contributed by atoms with Gasteiger partial charge < -0.3 is 10.0 Å². The number of alkyl halides is 21. The van der Waals surface area contributed by atoms with E-state index in [1.807, 2.05) is 0 Å². The van der Waals surface area contributed by atoms with Crippen LogP contribution in [0.5, 0.6) is 0 Å². The van der Waals surface area contributed by atoms with Crippen LogP contribution in [0.1, 0.15) is 6.92 Å². The van der Waals surface area contributed by atoms with Gasteiger partial charge in [0, 0.05) is 12.7 Å². The van der Waals surface area contributed by atoms with Crippen LogP contribution in [0.25, 0.3) is 0 Å². The van der Waals surface area contributed by atoms with E-state index < -0.39 is 79.8 Å². The van der Waals surface area contributed by atoms with Crippen LogP contribution >= 0.6 is 0 Å². The number of rotatable bonds is 12. The summed E-state index contributed by atoms with van der Waals surface area (Å²) in [4.78, 5) is -1.46. The summed E-state index contributed by atoms with van der Waals surface area (Å²) in [6.07, 6.45) is -9.54. The molecule has 0 aromatic heterocycles. The first-order valence-electron chi connectivity index (χ1n) is 10.5. The minimum absolute atomic E-state index is 0.171. The SMILES string of the molecule is CC(O)N(C)c1ccc(S(=O)(=O)C(F)(F)C(F)(F)C(F)(F)C(F)(F)C(F)(F)C(F)(F)C(F)(F)C(F)(F)C(F)(F)C(F)(F)F)cc1. The molecule has 1 aromatic carbocycles. The predicted octanol–water partition coefficient (Wildman–Crippen LogP) is 7.47. The molecule has 264 valence electrons. The summed E-state index contributed by atoms with van der Waals surface area (Å²) >= 11 is 0. The molecule has 0 aliphatic heterocycles. The predicted molar refractivity (Wildman–Crippen MR) is 104 cm³/mol. The van der Waals surface area contributed by atoms with Gasteiger partial charge in [0.05, 0.1) is 4.90 Å². The Balaban J connectivity index is 3.85. The fourth-order valence-corrected chi connectivity index (χ4v) is 4.19. The van der Waals surface area contributed by atoms with Crippen LogP contribution in [0.2, 0.25) is 0 Å². The third-order valence-electron chi connectivity index (χ3n) is 5.93. The molecule has 0 saturated carbocycles. The van der Waals surface area contributed by atoms with E-state index >= 15 is 0 Å². The van der Waals surface area contributed by atoms with Crippen molar-refractivity contribution in [2.24, 2.45) is 0 Å². The van der Waals surface area contributed by atoms with Crippen LogP contribution in [0, 0.1) is 0 Å². The van der Waals surface area contributed by atoms with Crippen LogP contribution < -0.4 is 4.90 Å². The van der Waals surface area contributed by atoms with Gasteiger partial charge in [-0.25, -0.2) is 8.42 Å². The maximum absolute atomic E-state index is 14.3. The zero-order valence-electron chi connectivity index (χ0n) is 20.9. The van der Waals surface area contributed by atoms with E-state index in [4.69, 9.17) is 0 Å². The van der Waals surface area contributed by atoms with Crippen LogP contribution in [0.3, 0.4) is 0 Å². The fraction of sp³-hybridized carbons (Fsp3) is 0.684. The molecule has 0 aliphatic carbocycles. The summed E-state index contributed by atoms with van der Waals surface area (Å²) in [6.45, 7) is 1.03. The first kappa shape index (κ1) is 40.5. The number of aliphatic hydroxyl groups is 1. The minimum Gasteiger partial charge on any atom is -0.374 e. The van der Waals surface area contributed by atoms with Crippen LogP contribution in [0.4, 0.5) is 97.9 Å². The summed E-state index contributed by atoms with van der Waals surface area (Å²) in [7, 11) is -6.56. The molecule has 4 nitrogen and oxygen atoms in total. The molecule has 1 unspecified atom stereocenters. The Morgan fingerprint density at radius 2 is 0.800 bits per heavy atom. The molecule has 1 N–H and O–H groups in total. The van der Waals surface area contributed by atoms with Gasteiger partial charge >= 0.3 is 58.8 Å². The maximum atomic E-state index is 14.3. The highest BCUT2D eigenvalue weighted by Crippen LogP contribution is 2.66. The van der Waals surface area contributed by atoms with Crippen molar-refractivity contribution in [2.45, 2.75) is 76.9 Å². The zero-order valence-corrected chi connectivity index (χ0v) is 21.8. The Morgan fingerprint density at radius 3 is 1.07 bits per heavy atom. The van der Waals surface area contributed by atoms with E-state index in [-0.39, 0.29) is 17.8 Å². The lowest BCUT2D eigenvalue weighted by molar-refractivity contribution is -0.472. The van der Waals surface area contributed by atoms with Gasteiger partial charge in [0.15, 0.2) is 0 Å². The maximum Gasteiger partial charge on any atom is 0.460 e. The highest BCUT2D eigenvalue weighted by molar-refractivity contribution is 7.92. The van der Waals surface area contributed by atoms with Crippen LogP contribution in [-0.4, -0.2) is 85.6 Å². The van der Waals surface area contributed by atoms with Gasteiger partial charge in [-0.1, -0.05) is 0 Å². The Labute approximate surface area is 235 Å². The Morgan fingerprint density at radius 1 is 0.533 bits per heavy atom. The molecule has 0 spiro atoms. The lowest BCUT2D eigenvalue weighted by atomic mass is 9.87. The van der Waals surface area contributed by atoms with E-state index in [2.05, 4.69) is 0 Å². The molecule has 45 heavy (non-hydrogen) atoms. The smallest absolute Gasteiger partial charge is 0.374 e. The van der Waals surface area contributed by atoms with Crippen molar-refractivity contribution in [1.29, 1.82) is 0 Å². The van der Waals surface area contributed by atoms with E-state index in [0.717, 1.165) is 18.9 Å². The number of halogens is 21. The molecule has 26 heteroatoms. The second kappa shape index (κ2) is 10.7. The standard InChI is InChI=1S/C19H12F21NO3S/c1-7(42)41(2)8-3-5-9(6-4-8)45(43,44)19(39,40)17(34,35)15(30,31)13(26,27)11(22,23)10(20,21)12(24,25)14(28,29)16(32,33)18(36,37)38/h3-7,42H,1-2H3. The van der Waals surface area contributed by atoms with Crippen molar-refractivity contribution in [3.8, 4) is 0 Å². The number of aliphatic hydroxyl groups excluding tert-OH is 1. The van der Waals surface area contributed by atoms with Gasteiger partial charge in [0.25, 0.3) is 0 Å². The number of benzene rings is 1. The summed E-state index contributed by atoms with van der Waals surface area (Å²) in [6, 6.07) is 0.370. The lowest BCUT2D eigenvalue weighted by Crippen LogP contribution is -2.77. The van der Waals surface area contributed by atoms with Crippen molar-refractivity contribution in [3.63, 3.8) is 0 Å². The van der Waals surface area contributed by atoms with E-state index in [9.17, 15) is 106 Å². The second-order valence-corrected chi connectivity index (χ2v) is 10.8. The van der Waals surface area contributed by atoms with E-state index in [0.29, 0.717) is 12.1 Å². The summed E-state index contributed by atoms with van der Waals surface area (Å²) in [5, 5.41) is 1.50. The molecule has 0 fully saturated rings. The number of sulfone groups is 1. The Bertz CT molecular complexity index is 1340. The number of hydrogen-bond acceptors (Lipinski definition) is 4. The van der Waals surface area contributed by atoms with Gasteiger partial charge in [-0.15, -0.1) is 0 Å². The van der Waals surface area contributed by atoms with Gasteiger partial charge in [0.1, 0.15) is 6.23 Å². The molecular formula is C19H12F21NO3S. The molecule has 0 aliphatic rings. The van der Waals surface area contributed by atoms with Crippen molar-refractivity contribution in [3.05, 3.63) is 24.3 Å². The minimum atomic E-state index is -9.38. The Kier molecular flexibility index (Phi) is 9.67. The van der Waals surface area contributed by atoms with Crippen molar-refractivity contribution in [2.75, 3.05) is 11.9 Å². The van der Waals surface area contributed by atoms with E-state index in [1.54, 1.807) is 0 Å². The second-order valence-electron chi connectivity index (χ2n) is 8.85. The average molecular weight is 733 g/mol. The zero-order chi connectivity index (χ0) is 36.6. The molecule has 0 radical (unpaired) electrons. The number of anilines is 1. The summed E-state index contributed by atoms with van der Waals surface area (Å²) in [5.41, 5.74) is -0.369. The average Bonchev–Trinajstić information content (AvgIpc) is 2.86. The molecule has 1 rings (SSSR count). The fourth-order valence-electron chi connectivity index (χ4n) is 2.94. The van der Waals surface area contributed by atoms with Crippen molar-refractivity contribution < 1.29 is 106 Å². The van der Waals surface area contributed by atoms with Gasteiger partial charge in [0.2, 0.25) is 9.84 Å². The van der Waals surface area contributed by atoms with Crippen molar-refractivity contribution >= 4 is 15.5 Å². The molecule has 0 saturated heterocycles. The highest BCUT2D eigenvalue weighted by atomic mass is 32.2. The number of hydrogen-bond donors (Lipinski definition) is 1. The quantitative estimate of drug-likeness (QED) is 0.179. The third-order valence-corrected chi connectivity index (χ3v) is 7.76. The molecule has 0 bridgehead atoms. The van der Waals surface area contributed by atoms with E-state index in [1.165, 1.54) is 0 Å². The number of nitrogens with zero attached hydrogens (tertiary/aromatic N) is 1. The third kappa shape index (κ3) is 5.20.